The number of carbonyl (C=O) groups excluding carboxylic acids is 4. The number of nitrogens with one attached hydrogen (secondary N) is 2. The zero-order chi connectivity index (χ0) is 18.0. The Balaban J connectivity index is 1.60. The van der Waals surface area contributed by atoms with E-state index in [-0.39, 0.29) is 36.1 Å². The molecule has 130 valence electrons. The molecular formula is C18H19N3O4. The molecule has 1 aromatic carbocycles. The second-order valence-electron chi connectivity index (χ2n) is 6.23. The Morgan fingerprint density at radius 2 is 1.44 bits per heavy atom. The van der Waals surface area contributed by atoms with E-state index in [1.54, 1.807) is 24.3 Å². The maximum Gasteiger partial charge on any atom is 0.244 e. The Hall–Kier alpha value is -2.96. The van der Waals surface area contributed by atoms with Gasteiger partial charge in [0.15, 0.2) is 0 Å². The SMILES string of the molecule is CC(=O)Nc1ccc(NC(=O)CN2C(=O)C3CC=CCC3C2=O)cc1. The van der Waals surface area contributed by atoms with Crippen molar-refractivity contribution in [1.29, 1.82) is 0 Å². The minimum absolute atomic E-state index is 0.182. The van der Waals surface area contributed by atoms with Crippen LogP contribution in [0.1, 0.15) is 19.8 Å². The van der Waals surface area contributed by atoms with Gasteiger partial charge < -0.3 is 10.6 Å². The number of rotatable bonds is 4. The summed E-state index contributed by atoms with van der Waals surface area (Å²) in [6, 6.07) is 6.59. The van der Waals surface area contributed by atoms with Crippen molar-refractivity contribution in [2.45, 2.75) is 19.8 Å². The quantitative estimate of drug-likeness (QED) is 0.641. The maximum absolute atomic E-state index is 12.3. The number of likely N-dealkylation sites (tertiary alicyclic amines) is 1. The molecule has 4 amide bonds. The van der Waals surface area contributed by atoms with Gasteiger partial charge in [0.1, 0.15) is 6.54 Å². The lowest BCUT2D eigenvalue weighted by Crippen LogP contribution is -2.38. The topological polar surface area (TPSA) is 95.6 Å². The van der Waals surface area contributed by atoms with Crippen LogP contribution >= 0.6 is 0 Å². The predicted molar refractivity (Wildman–Crippen MR) is 91.4 cm³/mol. The van der Waals surface area contributed by atoms with Crippen LogP contribution in [0.25, 0.3) is 0 Å². The molecule has 2 unspecified atom stereocenters. The Bertz CT molecular complexity index is 728. The monoisotopic (exact) mass is 341 g/mol. The fraction of sp³-hybridized carbons (Fsp3) is 0.333. The van der Waals surface area contributed by atoms with E-state index in [1.165, 1.54) is 6.92 Å². The molecule has 2 atom stereocenters. The van der Waals surface area contributed by atoms with Crippen molar-refractivity contribution < 1.29 is 19.2 Å². The first-order valence-electron chi connectivity index (χ1n) is 8.13. The minimum atomic E-state index is -0.430. The smallest absolute Gasteiger partial charge is 0.244 e. The summed E-state index contributed by atoms with van der Waals surface area (Å²) in [5.74, 6) is -1.81. The average molecular weight is 341 g/mol. The van der Waals surface area contributed by atoms with Crippen LogP contribution in [-0.4, -0.2) is 35.1 Å². The van der Waals surface area contributed by atoms with Gasteiger partial charge in [-0.1, -0.05) is 12.2 Å². The van der Waals surface area contributed by atoms with Gasteiger partial charge in [0.05, 0.1) is 11.8 Å². The van der Waals surface area contributed by atoms with E-state index in [0.717, 1.165) is 4.90 Å². The zero-order valence-electron chi connectivity index (χ0n) is 13.8. The summed E-state index contributed by atoms with van der Waals surface area (Å²) >= 11 is 0. The van der Waals surface area contributed by atoms with Gasteiger partial charge in [-0.05, 0) is 37.1 Å². The molecule has 0 aromatic heterocycles. The normalized spacial score (nSPS) is 21.9. The Labute approximate surface area is 145 Å². The summed E-state index contributed by atoms with van der Waals surface area (Å²) in [5.41, 5.74) is 1.14. The van der Waals surface area contributed by atoms with Crippen molar-refractivity contribution in [3.63, 3.8) is 0 Å². The number of nitrogens with zero attached hydrogens (tertiary/aromatic N) is 1. The fourth-order valence-electron chi connectivity index (χ4n) is 3.21. The van der Waals surface area contributed by atoms with Gasteiger partial charge >= 0.3 is 0 Å². The van der Waals surface area contributed by atoms with Crippen molar-refractivity contribution in [3.8, 4) is 0 Å². The van der Waals surface area contributed by atoms with Gasteiger partial charge in [-0.25, -0.2) is 0 Å². The standard InChI is InChI=1S/C18H19N3O4/c1-11(22)19-12-6-8-13(9-7-12)20-16(23)10-21-17(24)14-4-2-3-5-15(14)18(21)25/h2-3,6-9,14-15H,4-5,10H2,1H3,(H,19,22)(H,20,23). The third-order valence-corrected chi connectivity index (χ3v) is 4.39. The van der Waals surface area contributed by atoms with Crippen LogP contribution in [0.2, 0.25) is 0 Å². The molecule has 0 saturated carbocycles. The van der Waals surface area contributed by atoms with Crippen molar-refractivity contribution >= 4 is 35.0 Å². The summed E-state index contributed by atoms with van der Waals surface area (Å²) < 4.78 is 0. The van der Waals surface area contributed by atoms with E-state index < -0.39 is 5.91 Å². The molecule has 0 spiro atoms. The highest BCUT2D eigenvalue weighted by Crippen LogP contribution is 2.34. The lowest BCUT2D eigenvalue weighted by Gasteiger charge is -2.14. The molecule has 2 aliphatic rings. The molecule has 2 N–H and O–H groups in total. The van der Waals surface area contributed by atoms with Crippen LogP contribution in [0.4, 0.5) is 11.4 Å². The molecule has 3 rings (SSSR count). The molecule has 1 aliphatic heterocycles. The molecule has 1 aliphatic carbocycles. The Kier molecular flexibility index (Phi) is 4.65. The largest absolute Gasteiger partial charge is 0.326 e. The first-order valence-corrected chi connectivity index (χ1v) is 8.13. The second kappa shape index (κ2) is 6.88. The summed E-state index contributed by atoms with van der Waals surface area (Å²) in [7, 11) is 0. The molecule has 7 heteroatoms. The third-order valence-electron chi connectivity index (χ3n) is 4.39. The highest BCUT2D eigenvalue weighted by Gasteiger charge is 2.47. The highest BCUT2D eigenvalue weighted by molar-refractivity contribution is 6.08. The lowest BCUT2D eigenvalue weighted by molar-refractivity contribution is -0.142. The molecule has 1 heterocycles. The molecule has 1 aromatic rings. The molecule has 7 nitrogen and oxygen atoms in total. The molecule has 25 heavy (non-hydrogen) atoms. The highest BCUT2D eigenvalue weighted by atomic mass is 16.2. The Morgan fingerprint density at radius 1 is 0.960 bits per heavy atom. The van der Waals surface area contributed by atoms with E-state index in [2.05, 4.69) is 10.6 Å². The summed E-state index contributed by atoms with van der Waals surface area (Å²) in [5, 5.41) is 5.29. The molecule has 1 fully saturated rings. The average Bonchev–Trinajstić information content (AvgIpc) is 2.82. The van der Waals surface area contributed by atoms with Gasteiger partial charge in [-0.15, -0.1) is 0 Å². The van der Waals surface area contributed by atoms with Crippen LogP contribution in [-0.2, 0) is 19.2 Å². The lowest BCUT2D eigenvalue weighted by atomic mass is 9.85. The number of hydrogen-bond acceptors (Lipinski definition) is 4. The van der Waals surface area contributed by atoms with E-state index in [9.17, 15) is 19.2 Å². The van der Waals surface area contributed by atoms with E-state index >= 15 is 0 Å². The molecule has 0 bridgehead atoms. The van der Waals surface area contributed by atoms with Crippen LogP contribution in [0.3, 0.4) is 0 Å². The number of amides is 4. The molecule has 0 radical (unpaired) electrons. The molecular weight excluding hydrogens is 322 g/mol. The van der Waals surface area contributed by atoms with Gasteiger partial charge in [-0.2, -0.15) is 0 Å². The number of allylic oxidation sites excluding steroid dienone is 2. The van der Waals surface area contributed by atoms with Gasteiger partial charge in [-0.3, -0.25) is 24.1 Å². The van der Waals surface area contributed by atoms with Crippen molar-refractivity contribution in [2.24, 2.45) is 11.8 Å². The number of benzene rings is 1. The second-order valence-corrected chi connectivity index (χ2v) is 6.23. The number of fused-ring (bicyclic) bond motifs is 1. The van der Waals surface area contributed by atoms with E-state index in [0.29, 0.717) is 24.2 Å². The fourth-order valence-corrected chi connectivity index (χ4v) is 3.21. The number of imide groups is 1. The summed E-state index contributed by atoms with van der Waals surface area (Å²) in [4.78, 5) is 48.9. The van der Waals surface area contributed by atoms with Gasteiger partial charge in [0.2, 0.25) is 23.6 Å². The number of carbonyl (C=O) groups is 4. The first-order chi connectivity index (χ1) is 12.0. The van der Waals surface area contributed by atoms with Crippen molar-refractivity contribution in [3.05, 3.63) is 36.4 Å². The van der Waals surface area contributed by atoms with Crippen LogP contribution in [0, 0.1) is 11.8 Å². The van der Waals surface area contributed by atoms with Gasteiger partial charge in [0, 0.05) is 18.3 Å². The van der Waals surface area contributed by atoms with Crippen molar-refractivity contribution in [1.82, 2.24) is 4.90 Å². The van der Waals surface area contributed by atoms with Gasteiger partial charge in [0.25, 0.3) is 0 Å². The first kappa shape index (κ1) is 16.9. The van der Waals surface area contributed by atoms with E-state index in [4.69, 9.17) is 0 Å². The van der Waals surface area contributed by atoms with E-state index in [1.807, 2.05) is 12.2 Å². The maximum atomic E-state index is 12.3. The van der Waals surface area contributed by atoms with Crippen LogP contribution in [0.15, 0.2) is 36.4 Å². The molecule has 1 saturated heterocycles. The number of anilines is 2. The van der Waals surface area contributed by atoms with Crippen LogP contribution in [0.5, 0.6) is 0 Å². The predicted octanol–water partition coefficient (Wildman–Crippen LogP) is 1.53. The zero-order valence-corrected chi connectivity index (χ0v) is 13.8. The summed E-state index contributed by atoms with van der Waals surface area (Å²) in [6.07, 6.45) is 4.93. The Morgan fingerprint density at radius 3 is 1.92 bits per heavy atom. The number of hydrogen-bond donors (Lipinski definition) is 2. The van der Waals surface area contributed by atoms with Crippen molar-refractivity contribution in [2.75, 3.05) is 17.2 Å². The summed E-state index contributed by atoms with van der Waals surface area (Å²) in [6.45, 7) is 1.13. The third kappa shape index (κ3) is 3.60. The van der Waals surface area contributed by atoms with Crippen LogP contribution < -0.4 is 10.6 Å². The minimum Gasteiger partial charge on any atom is -0.326 e.